The molecule has 0 unspecified atom stereocenters. The van der Waals surface area contributed by atoms with E-state index < -0.39 is 29.2 Å². The highest BCUT2D eigenvalue weighted by Gasteiger charge is 2.31. The zero-order valence-electron chi connectivity index (χ0n) is 10.8. The molecule has 0 fully saturated rings. The molecule has 0 heterocycles. The molecule has 0 bridgehead atoms. The van der Waals surface area contributed by atoms with E-state index in [1.165, 1.54) is 0 Å². The fourth-order valence-corrected chi connectivity index (χ4v) is 0.827. The number of ether oxygens (including phenoxy) is 2. The van der Waals surface area contributed by atoms with E-state index in [0.717, 1.165) is 0 Å². The molecule has 0 amide bonds. The Hall–Kier alpha value is -1.10. The summed E-state index contributed by atoms with van der Waals surface area (Å²) in [4.78, 5) is 22.9. The number of carbonyl (C=O) groups excluding carboxylic acids is 2. The SMILES string of the molecule is CC(C)(C)OC(=O)C(N)C(=O)OC(C)(C)C. The van der Waals surface area contributed by atoms with Crippen LogP contribution in [0, 0.1) is 0 Å². The quantitative estimate of drug-likeness (QED) is 0.566. The summed E-state index contributed by atoms with van der Waals surface area (Å²) in [5.41, 5.74) is 4.09. The molecule has 0 aliphatic heterocycles. The van der Waals surface area contributed by atoms with Gasteiger partial charge in [-0.15, -0.1) is 0 Å². The normalized spacial score (nSPS) is 12.5. The summed E-state index contributed by atoms with van der Waals surface area (Å²) in [5.74, 6) is -1.55. The molecule has 0 aromatic heterocycles. The van der Waals surface area contributed by atoms with Crippen LogP contribution >= 0.6 is 0 Å². The van der Waals surface area contributed by atoms with Gasteiger partial charge in [0.25, 0.3) is 0 Å². The van der Waals surface area contributed by atoms with Crippen LogP contribution in [-0.2, 0) is 19.1 Å². The molecule has 0 radical (unpaired) electrons. The minimum Gasteiger partial charge on any atom is -0.458 e. The standard InChI is InChI=1S/C11H21NO4/c1-10(2,3)15-8(13)7(12)9(14)16-11(4,5)6/h7H,12H2,1-6H3. The molecule has 94 valence electrons. The Bertz CT molecular complexity index is 245. The monoisotopic (exact) mass is 231 g/mol. The van der Waals surface area contributed by atoms with Gasteiger partial charge in [-0.3, -0.25) is 0 Å². The lowest BCUT2D eigenvalue weighted by molar-refractivity contribution is -0.168. The van der Waals surface area contributed by atoms with Crippen LogP contribution in [-0.4, -0.2) is 29.2 Å². The molecule has 0 aliphatic carbocycles. The molecule has 0 rings (SSSR count). The smallest absolute Gasteiger partial charge is 0.335 e. The van der Waals surface area contributed by atoms with Gasteiger partial charge >= 0.3 is 11.9 Å². The Morgan fingerprint density at radius 1 is 0.875 bits per heavy atom. The summed E-state index contributed by atoms with van der Waals surface area (Å²) >= 11 is 0. The Labute approximate surface area is 96.3 Å². The lowest BCUT2D eigenvalue weighted by atomic mass is 10.1. The second-order valence-electron chi connectivity index (χ2n) is 5.54. The van der Waals surface area contributed by atoms with Crippen molar-refractivity contribution in [3.8, 4) is 0 Å². The molecule has 0 atom stereocenters. The zero-order chi connectivity index (χ0) is 13.1. The molecule has 5 nitrogen and oxygen atoms in total. The number of esters is 2. The molecule has 0 aromatic rings. The van der Waals surface area contributed by atoms with Crippen molar-refractivity contribution < 1.29 is 19.1 Å². The number of carbonyl (C=O) groups is 2. The maximum absolute atomic E-state index is 11.4. The third-order valence-electron chi connectivity index (χ3n) is 1.32. The van der Waals surface area contributed by atoms with Gasteiger partial charge in [-0.05, 0) is 41.5 Å². The summed E-state index contributed by atoms with van der Waals surface area (Å²) in [6.45, 7) is 10.2. The van der Waals surface area contributed by atoms with Gasteiger partial charge in [0.15, 0.2) is 0 Å². The summed E-state index contributed by atoms with van der Waals surface area (Å²) in [7, 11) is 0. The van der Waals surface area contributed by atoms with Crippen molar-refractivity contribution in [3.05, 3.63) is 0 Å². The van der Waals surface area contributed by atoms with Gasteiger partial charge < -0.3 is 15.2 Å². The maximum Gasteiger partial charge on any atom is 0.335 e. The van der Waals surface area contributed by atoms with Crippen molar-refractivity contribution in [3.63, 3.8) is 0 Å². The Morgan fingerprint density at radius 2 is 1.12 bits per heavy atom. The van der Waals surface area contributed by atoms with Crippen molar-refractivity contribution in [1.29, 1.82) is 0 Å². The van der Waals surface area contributed by atoms with Crippen LogP contribution in [0.2, 0.25) is 0 Å². The molecular formula is C11H21NO4. The van der Waals surface area contributed by atoms with Crippen LogP contribution in [0.25, 0.3) is 0 Å². The van der Waals surface area contributed by atoms with Gasteiger partial charge in [-0.2, -0.15) is 0 Å². The highest BCUT2D eigenvalue weighted by atomic mass is 16.6. The highest BCUT2D eigenvalue weighted by molar-refractivity contribution is 5.99. The van der Waals surface area contributed by atoms with E-state index in [9.17, 15) is 9.59 Å². The minimum atomic E-state index is -1.39. The molecule has 0 spiro atoms. The summed E-state index contributed by atoms with van der Waals surface area (Å²) in [5, 5.41) is 0. The number of hydrogen-bond acceptors (Lipinski definition) is 5. The second kappa shape index (κ2) is 4.82. The van der Waals surface area contributed by atoms with Crippen LogP contribution in [0.15, 0.2) is 0 Å². The first-order valence-corrected chi connectivity index (χ1v) is 5.14. The molecule has 5 heteroatoms. The predicted molar refractivity (Wildman–Crippen MR) is 59.7 cm³/mol. The molecule has 2 N–H and O–H groups in total. The Morgan fingerprint density at radius 3 is 1.31 bits per heavy atom. The zero-order valence-corrected chi connectivity index (χ0v) is 10.8. The first-order valence-electron chi connectivity index (χ1n) is 5.14. The van der Waals surface area contributed by atoms with Crippen molar-refractivity contribution in [2.75, 3.05) is 0 Å². The van der Waals surface area contributed by atoms with Gasteiger partial charge in [0.1, 0.15) is 11.2 Å². The van der Waals surface area contributed by atoms with E-state index in [4.69, 9.17) is 15.2 Å². The molecule has 0 saturated heterocycles. The van der Waals surface area contributed by atoms with E-state index in [-0.39, 0.29) is 0 Å². The summed E-state index contributed by atoms with van der Waals surface area (Å²) < 4.78 is 9.94. The van der Waals surface area contributed by atoms with Crippen molar-refractivity contribution >= 4 is 11.9 Å². The topological polar surface area (TPSA) is 78.6 Å². The second-order valence-corrected chi connectivity index (χ2v) is 5.54. The van der Waals surface area contributed by atoms with E-state index in [1.54, 1.807) is 41.5 Å². The van der Waals surface area contributed by atoms with Crippen LogP contribution in [0.5, 0.6) is 0 Å². The van der Waals surface area contributed by atoms with Gasteiger partial charge in [0.2, 0.25) is 6.04 Å². The molecular weight excluding hydrogens is 210 g/mol. The molecule has 0 aliphatic rings. The van der Waals surface area contributed by atoms with Gasteiger partial charge in [0.05, 0.1) is 0 Å². The van der Waals surface area contributed by atoms with Crippen LogP contribution < -0.4 is 5.73 Å². The number of rotatable bonds is 2. The lowest BCUT2D eigenvalue weighted by Crippen LogP contribution is -2.46. The first kappa shape index (κ1) is 14.9. The largest absolute Gasteiger partial charge is 0.458 e. The van der Waals surface area contributed by atoms with Crippen molar-refractivity contribution in [1.82, 2.24) is 0 Å². The van der Waals surface area contributed by atoms with Gasteiger partial charge in [0, 0.05) is 0 Å². The van der Waals surface area contributed by atoms with Gasteiger partial charge in [-0.25, -0.2) is 9.59 Å². The average Bonchev–Trinajstić information content (AvgIpc) is 1.96. The maximum atomic E-state index is 11.4. The van der Waals surface area contributed by atoms with E-state index >= 15 is 0 Å². The summed E-state index contributed by atoms with van der Waals surface area (Å²) in [6, 6.07) is -1.39. The number of nitrogens with two attached hydrogens (primary N) is 1. The van der Waals surface area contributed by atoms with Crippen molar-refractivity contribution in [2.45, 2.75) is 58.8 Å². The van der Waals surface area contributed by atoms with E-state index in [1.807, 2.05) is 0 Å². The fourth-order valence-electron chi connectivity index (χ4n) is 0.827. The first-order chi connectivity index (χ1) is 6.92. The predicted octanol–water partition coefficient (Wildman–Crippen LogP) is 0.997. The van der Waals surface area contributed by atoms with E-state index in [0.29, 0.717) is 0 Å². The molecule has 0 saturated carbocycles. The van der Waals surface area contributed by atoms with Gasteiger partial charge in [-0.1, -0.05) is 0 Å². The van der Waals surface area contributed by atoms with Crippen molar-refractivity contribution in [2.24, 2.45) is 5.73 Å². The summed E-state index contributed by atoms with van der Waals surface area (Å²) in [6.07, 6.45) is 0. The van der Waals surface area contributed by atoms with Crippen LogP contribution in [0.3, 0.4) is 0 Å². The Kier molecular flexibility index (Phi) is 4.49. The van der Waals surface area contributed by atoms with Crippen LogP contribution in [0.4, 0.5) is 0 Å². The highest BCUT2D eigenvalue weighted by Crippen LogP contribution is 2.11. The fraction of sp³-hybridized carbons (Fsp3) is 0.818. The number of hydrogen-bond donors (Lipinski definition) is 1. The lowest BCUT2D eigenvalue weighted by Gasteiger charge is -2.24. The molecule has 16 heavy (non-hydrogen) atoms. The minimum absolute atomic E-state index is 0.670. The van der Waals surface area contributed by atoms with Crippen LogP contribution in [0.1, 0.15) is 41.5 Å². The average molecular weight is 231 g/mol. The Balaban J connectivity index is 4.40. The molecule has 0 aromatic carbocycles. The third-order valence-corrected chi connectivity index (χ3v) is 1.32. The van der Waals surface area contributed by atoms with E-state index in [2.05, 4.69) is 0 Å². The third kappa shape index (κ3) is 6.40.